The number of nitrogens with zero attached hydrogens (tertiary/aromatic N) is 1. The van der Waals surface area contributed by atoms with Gasteiger partial charge in [0.25, 0.3) is 0 Å². The lowest BCUT2D eigenvalue weighted by Gasteiger charge is -2.17. The van der Waals surface area contributed by atoms with E-state index >= 15 is 0 Å². The molecule has 0 aliphatic heterocycles. The molecule has 0 saturated heterocycles. The minimum atomic E-state index is -0.553. The summed E-state index contributed by atoms with van der Waals surface area (Å²) in [7, 11) is 0. The number of nitrogens with two attached hydrogens (primary N) is 1. The van der Waals surface area contributed by atoms with Crippen molar-refractivity contribution >= 4 is 5.97 Å². The van der Waals surface area contributed by atoms with Gasteiger partial charge in [0.1, 0.15) is 12.4 Å². The Labute approximate surface area is 107 Å². The third-order valence-corrected chi connectivity index (χ3v) is 2.61. The maximum absolute atomic E-state index is 11.7. The Bertz CT molecular complexity index is 450. The number of hydrogen-bond donors (Lipinski definition) is 2. The average Bonchev–Trinajstić information content (AvgIpc) is 2.29. The van der Waals surface area contributed by atoms with E-state index in [1.54, 1.807) is 33.9 Å². The summed E-state index contributed by atoms with van der Waals surface area (Å²) in [5.74, 6) is -0.229. The van der Waals surface area contributed by atoms with Crippen molar-refractivity contribution < 1.29 is 14.6 Å². The summed E-state index contributed by atoms with van der Waals surface area (Å²) < 4.78 is 5.18. The van der Waals surface area contributed by atoms with Gasteiger partial charge in [0.15, 0.2) is 0 Å². The Hall–Kier alpha value is -1.62. The van der Waals surface area contributed by atoms with Gasteiger partial charge in [-0.25, -0.2) is 0 Å². The molecule has 0 radical (unpaired) electrons. The first kappa shape index (κ1) is 14.4. The third kappa shape index (κ3) is 3.20. The van der Waals surface area contributed by atoms with Gasteiger partial charge in [-0.15, -0.1) is 0 Å². The summed E-state index contributed by atoms with van der Waals surface area (Å²) in [5, 5.41) is 9.82. The highest BCUT2D eigenvalue weighted by molar-refractivity contribution is 5.75. The average molecular weight is 252 g/mol. The molecule has 0 atom stereocenters. The first-order chi connectivity index (χ1) is 8.27. The summed E-state index contributed by atoms with van der Waals surface area (Å²) in [6, 6.07) is 0. The zero-order valence-electron chi connectivity index (χ0n) is 11.3. The molecule has 1 rings (SSSR count). The molecule has 1 aromatic rings. The lowest BCUT2D eigenvalue weighted by Crippen LogP contribution is -2.23. The van der Waals surface area contributed by atoms with E-state index in [1.807, 2.05) is 0 Å². The third-order valence-electron chi connectivity index (χ3n) is 2.61. The SMILES string of the molecule is Cc1ncc(COC(=O)C(C)(C)C)c(CN)c1O. The molecule has 0 aliphatic carbocycles. The minimum absolute atomic E-state index is 0.0711. The molecule has 100 valence electrons. The number of hydrogen-bond acceptors (Lipinski definition) is 5. The number of carbonyl (C=O) groups is 1. The number of ether oxygens (including phenoxy) is 1. The second-order valence-corrected chi connectivity index (χ2v) is 5.23. The molecular formula is C13H20N2O3. The van der Waals surface area contributed by atoms with Gasteiger partial charge in [0.05, 0.1) is 11.1 Å². The first-order valence-corrected chi connectivity index (χ1v) is 5.81. The topological polar surface area (TPSA) is 85.4 Å². The summed E-state index contributed by atoms with van der Waals surface area (Å²) >= 11 is 0. The van der Waals surface area contributed by atoms with E-state index in [0.29, 0.717) is 16.8 Å². The second kappa shape index (κ2) is 5.35. The van der Waals surface area contributed by atoms with Crippen LogP contribution in [-0.2, 0) is 22.7 Å². The predicted molar refractivity (Wildman–Crippen MR) is 67.8 cm³/mol. The van der Waals surface area contributed by atoms with Gasteiger partial charge in [0.2, 0.25) is 0 Å². The van der Waals surface area contributed by atoms with Crippen molar-refractivity contribution in [2.75, 3.05) is 0 Å². The quantitative estimate of drug-likeness (QED) is 0.799. The zero-order valence-corrected chi connectivity index (χ0v) is 11.3. The Morgan fingerprint density at radius 1 is 1.50 bits per heavy atom. The van der Waals surface area contributed by atoms with Crippen LogP contribution in [0.25, 0.3) is 0 Å². The van der Waals surface area contributed by atoms with Crippen LogP contribution in [0.1, 0.15) is 37.6 Å². The van der Waals surface area contributed by atoms with Crippen LogP contribution in [0, 0.1) is 12.3 Å². The highest BCUT2D eigenvalue weighted by Gasteiger charge is 2.23. The number of aryl methyl sites for hydroxylation is 1. The Morgan fingerprint density at radius 3 is 2.61 bits per heavy atom. The monoisotopic (exact) mass is 252 g/mol. The number of aromatic hydroxyl groups is 1. The van der Waals surface area contributed by atoms with E-state index in [1.165, 1.54) is 0 Å². The number of rotatable bonds is 3. The van der Waals surface area contributed by atoms with Crippen molar-refractivity contribution in [2.24, 2.45) is 11.1 Å². The van der Waals surface area contributed by atoms with E-state index in [4.69, 9.17) is 10.5 Å². The van der Waals surface area contributed by atoms with Crippen molar-refractivity contribution in [1.29, 1.82) is 0 Å². The van der Waals surface area contributed by atoms with Gasteiger partial charge in [-0.2, -0.15) is 0 Å². The highest BCUT2D eigenvalue weighted by atomic mass is 16.5. The summed E-state index contributed by atoms with van der Waals surface area (Å²) in [6.45, 7) is 7.29. The molecule has 1 heterocycles. The summed E-state index contributed by atoms with van der Waals surface area (Å²) in [6.07, 6.45) is 1.58. The molecule has 0 bridgehead atoms. The van der Waals surface area contributed by atoms with E-state index in [-0.39, 0.29) is 24.9 Å². The molecule has 5 nitrogen and oxygen atoms in total. The molecule has 3 N–H and O–H groups in total. The molecule has 18 heavy (non-hydrogen) atoms. The molecular weight excluding hydrogens is 232 g/mol. The number of carbonyl (C=O) groups excluding carboxylic acids is 1. The van der Waals surface area contributed by atoms with Crippen LogP contribution < -0.4 is 5.73 Å². The molecule has 1 aromatic heterocycles. The van der Waals surface area contributed by atoms with Crippen LogP contribution in [0.3, 0.4) is 0 Å². The summed E-state index contributed by atoms with van der Waals surface area (Å²) in [5.41, 5.74) is 6.76. The Morgan fingerprint density at radius 2 is 2.11 bits per heavy atom. The zero-order chi connectivity index (χ0) is 13.9. The van der Waals surface area contributed by atoms with Crippen LogP contribution in [0.2, 0.25) is 0 Å². The molecule has 0 saturated carbocycles. The highest BCUT2D eigenvalue weighted by Crippen LogP contribution is 2.24. The van der Waals surface area contributed by atoms with E-state index < -0.39 is 5.41 Å². The van der Waals surface area contributed by atoms with Gasteiger partial charge in [-0.3, -0.25) is 9.78 Å². The van der Waals surface area contributed by atoms with Gasteiger partial charge in [0, 0.05) is 23.9 Å². The van der Waals surface area contributed by atoms with Crippen molar-refractivity contribution in [2.45, 2.75) is 40.8 Å². The molecule has 0 amide bonds. The van der Waals surface area contributed by atoms with Crippen LogP contribution in [0.5, 0.6) is 5.75 Å². The molecule has 0 aliphatic rings. The number of esters is 1. The number of pyridine rings is 1. The fourth-order valence-electron chi connectivity index (χ4n) is 1.40. The summed E-state index contributed by atoms with van der Waals surface area (Å²) in [4.78, 5) is 15.7. The van der Waals surface area contributed by atoms with Crippen molar-refractivity contribution in [3.63, 3.8) is 0 Å². The van der Waals surface area contributed by atoms with Crippen LogP contribution in [-0.4, -0.2) is 16.1 Å². The maximum Gasteiger partial charge on any atom is 0.311 e. The van der Waals surface area contributed by atoms with Gasteiger partial charge < -0.3 is 15.6 Å². The van der Waals surface area contributed by atoms with Crippen LogP contribution in [0.15, 0.2) is 6.20 Å². The van der Waals surface area contributed by atoms with Crippen molar-refractivity contribution in [3.8, 4) is 5.75 Å². The van der Waals surface area contributed by atoms with Gasteiger partial charge in [-0.05, 0) is 27.7 Å². The smallest absolute Gasteiger partial charge is 0.311 e. The normalized spacial score (nSPS) is 11.4. The van der Waals surface area contributed by atoms with E-state index in [0.717, 1.165) is 0 Å². The molecule has 0 aromatic carbocycles. The van der Waals surface area contributed by atoms with Crippen molar-refractivity contribution in [3.05, 3.63) is 23.0 Å². The lowest BCUT2D eigenvalue weighted by atomic mass is 9.97. The second-order valence-electron chi connectivity index (χ2n) is 5.23. The minimum Gasteiger partial charge on any atom is -0.506 e. The Balaban J connectivity index is 2.86. The standard InChI is InChI=1S/C13H20N2O3/c1-8-11(16)10(5-14)9(6-15-8)7-18-12(17)13(2,3)4/h6,16H,5,7,14H2,1-4H3. The van der Waals surface area contributed by atoms with Crippen LogP contribution in [0.4, 0.5) is 0 Å². The fourth-order valence-corrected chi connectivity index (χ4v) is 1.40. The molecule has 5 heteroatoms. The van der Waals surface area contributed by atoms with Crippen LogP contribution >= 0.6 is 0 Å². The molecule has 0 unspecified atom stereocenters. The molecule has 0 spiro atoms. The predicted octanol–water partition coefficient (Wildman–Crippen LogP) is 1.64. The first-order valence-electron chi connectivity index (χ1n) is 5.81. The van der Waals surface area contributed by atoms with Gasteiger partial charge >= 0.3 is 5.97 Å². The lowest BCUT2D eigenvalue weighted by molar-refractivity contribution is -0.154. The van der Waals surface area contributed by atoms with Gasteiger partial charge in [-0.1, -0.05) is 0 Å². The molecule has 0 fully saturated rings. The fraction of sp³-hybridized carbons (Fsp3) is 0.538. The van der Waals surface area contributed by atoms with Crippen molar-refractivity contribution in [1.82, 2.24) is 4.98 Å². The van der Waals surface area contributed by atoms with E-state index in [9.17, 15) is 9.90 Å². The Kier molecular flexibility index (Phi) is 4.29. The largest absolute Gasteiger partial charge is 0.506 e. The maximum atomic E-state index is 11.7. The van der Waals surface area contributed by atoms with E-state index in [2.05, 4.69) is 4.98 Å². The number of aromatic nitrogens is 1.